The van der Waals surface area contributed by atoms with E-state index in [2.05, 4.69) is 10.3 Å². The van der Waals surface area contributed by atoms with Gasteiger partial charge in [0.15, 0.2) is 11.5 Å². The number of aliphatic imine (C=N–C) groups is 1. The lowest BCUT2D eigenvalue weighted by molar-refractivity contribution is -0.115. The first-order valence-corrected chi connectivity index (χ1v) is 7.92. The van der Waals surface area contributed by atoms with Crippen molar-refractivity contribution in [2.24, 2.45) is 4.99 Å². The zero-order chi connectivity index (χ0) is 17.2. The maximum Gasteiger partial charge on any atom is 0.275 e. The lowest BCUT2D eigenvalue weighted by atomic mass is 10.1. The lowest BCUT2D eigenvalue weighted by Gasteiger charge is -2.01. The van der Waals surface area contributed by atoms with E-state index in [4.69, 9.17) is 9.47 Å². The Balaban J connectivity index is 1.47. The zero-order valence-electron chi connectivity index (χ0n) is 13.3. The second-order valence-electron chi connectivity index (χ2n) is 5.78. The Morgan fingerprint density at radius 3 is 2.72 bits per heavy atom. The smallest absolute Gasteiger partial charge is 0.275 e. The summed E-state index contributed by atoms with van der Waals surface area (Å²) >= 11 is 0. The number of nitrogens with one attached hydrogen (secondary N) is 1. The van der Waals surface area contributed by atoms with Crippen molar-refractivity contribution < 1.29 is 18.7 Å². The fourth-order valence-corrected chi connectivity index (χ4v) is 2.71. The first-order valence-electron chi connectivity index (χ1n) is 7.92. The number of nitrogens with zero attached hydrogens (tertiary/aromatic N) is 1. The number of benzene rings is 2. The van der Waals surface area contributed by atoms with E-state index in [1.807, 2.05) is 12.1 Å². The SMILES string of the molecule is O=C1NC(CCc2ccc(F)cc2)=N/C1=C/c1ccc2c(c1)OCO2. The number of rotatable bonds is 4. The van der Waals surface area contributed by atoms with Crippen molar-refractivity contribution in [1.29, 1.82) is 0 Å². The molecule has 6 heteroatoms. The minimum Gasteiger partial charge on any atom is -0.454 e. The number of carbonyl (C=O) groups is 1. The minimum atomic E-state index is -0.260. The molecule has 0 unspecified atom stereocenters. The van der Waals surface area contributed by atoms with Crippen LogP contribution in [0.2, 0.25) is 0 Å². The van der Waals surface area contributed by atoms with Crippen LogP contribution in [0, 0.1) is 5.82 Å². The number of aryl methyl sites for hydroxylation is 1. The number of amides is 1. The van der Waals surface area contributed by atoms with Crippen molar-refractivity contribution in [3.8, 4) is 11.5 Å². The summed E-state index contributed by atoms with van der Waals surface area (Å²) in [5, 5.41) is 2.77. The van der Waals surface area contributed by atoms with Gasteiger partial charge in [0.05, 0.1) is 0 Å². The van der Waals surface area contributed by atoms with Gasteiger partial charge in [-0.3, -0.25) is 4.79 Å². The fraction of sp³-hybridized carbons (Fsp3) is 0.158. The molecule has 0 bridgehead atoms. The number of hydrogen-bond donors (Lipinski definition) is 1. The van der Waals surface area contributed by atoms with Crippen molar-refractivity contribution in [2.75, 3.05) is 6.79 Å². The molecule has 2 aromatic rings. The van der Waals surface area contributed by atoms with Gasteiger partial charge in [0.1, 0.15) is 17.3 Å². The van der Waals surface area contributed by atoms with E-state index in [9.17, 15) is 9.18 Å². The van der Waals surface area contributed by atoms with Gasteiger partial charge < -0.3 is 14.8 Å². The van der Waals surface area contributed by atoms with E-state index in [0.29, 0.717) is 35.9 Å². The first kappa shape index (κ1) is 15.4. The van der Waals surface area contributed by atoms with E-state index in [0.717, 1.165) is 11.1 Å². The highest BCUT2D eigenvalue weighted by molar-refractivity contribution is 6.14. The molecule has 1 N–H and O–H groups in total. The van der Waals surface area contributed by atoms with Crippen molar-refractivity contribution in [1.82, 2.24) is 5.32 Å². The molecule has 2 aliphatic rings. The van der Waals surface area contributed by atoms with Gasteiger partial charge in [0.2, 0.25) is 6.79 Å². The van der Waals surface area contributed by atoms with Crippen LogP contribution in [0.4, 0.5) is 4.39 Å². The van der Waals surface area contributed by atoms with Crippen LogP contribution in [0.3, 0.4) is 0 Å². The molecule has 25 heavy (non-hydrogen) atoms. The van der Waals surface area contributed by atoms with E-state index in [-0.39, 0.29) is 18.5 Å². The highest BCUT2D eigenvalue weighted by Crippen LogP contribution is 2.33. The third kappa shape index (κ3) is 3.38. The number of ether oxygens (including phenoxy) is 2. The quantitative estimate of drug-likeness (QED) is 0.872. The average molecular weight is 338 g/mol. The number of carbonyl (C=O) groups excluding carboxylic acids is 1. The molecule has 2 heterocycles. The van der Waals surface area contributed by atoms with E-state index < -0.39 is 0 Å². The Morgan fingerprint density at radius 1 is 1.08 bits per heavy atom. The second-order valence-corrected chi connectivity index (χ2v) is 5.78. The Hall–Kier alpha value is -3.15. The number of amidine groups is 1. The molecule has 0 fully saturated rings. The Labute approximate surface area is 143 Å². The van der Waals surface area contributed by atoms with Gasteiger partial charge in [-0.15, -0.1) is 0 Å². The van der Waals surface area contributed by atoms with Gasteiger partial charge >= 0.3 is 0 Å². The van der Waals surface area contributed by atoms with Gasteiger partial charge in [-0.2, -0.15) is 0 Å². The van der Waals surface area contributed by atoms with E-state index >= 15 is 0 Å². The fourth-order valence-electron chi connectivity index (χ4n) is 2.71. The van der Waals surface area contributed by atoms with Crippen LogP contribution in [-0.4, -0.2) is 18.5 Å². The monoisotopic (exact) mass is 338 g/mol. The maximum atomic E-state index is 12.9. The second kappa shape index (κ2) is 6.39. The van der Waals surface area contributed by atoms with Gasteiger partial charge in [-0.05, 0) is 47.9 Å². The summed E-state index contributed by atoms with van der Waals surface area (Å²) in [6.07, 6.45) is 2.97. The molecule has 0 aliphatic carbocycles. The molecular formula is C19H15FN2O3. The number of hydrogen-bond acceptors (Lipinski definition) is 4. The normalized spacial score (nSPS) is 16.9. The molecule has 0 saturated heterocycles. The number of halogens is 1. The lowest BCUT2D eigenvalue weighted by Crippen LogP contribution is -2.24. The topological polar surface area (TPSA) is 59.9 Å². The standard InChI is InChI=1S/C19H15FN2O3/c20-14-5-1-12(2-6-14)4-8-18-21-15(19(23)22-18)9-13-3-7-16-17(10-13)25-11-24-16/h1-3,5-7,9-10H,4,8,11H2,(H,21,22,23)/b15-9+. The summed E-state index contributed by atoms with van der Waals surface area (Å²) in [7, 11) is 0. The largest absolute Gasteiger partial charge is 0.454 e. The van der Waals surface area contributed by atoms with Crippen molar-refractivity contribution in [3.63, 3.8) is 0 Å². The third-order valence-corrected chi connectivity index (χ3v) is 4.01. The van der Waals surface area contributed by atoms with Crippen LogP contribution < -0.4 is 14.8 Å². The molecule has 0 spiro atoms. The Bertz CT molecular complexity index is 888. The molecule has 0 radical (unpaired) electrons. The minimum absolute atomic E-state index is 0.210. The molecule has 2 aromatic carbocycles. The van der Waals surface area contributed by atoms with Crippen LogP contribution in [-0.2, 0) is 11.2 Å². The summed E-state index contributed by atoms with van der Waals surface area (Å²) in [6.45, 7) is 0.210. The van der Waals surface area contributed by atoms with Crippen LogP contribution in [0.25, 0.3) is 6.08 Å². The average Bonchev–Trinajstić information content (AvgIpc) is 3.21. The molecule has 5 nitrogen and oxygen atoms in total. The first-order chi connectivity index (χ1) is 12.2. The summed E-state index contributed by atoms with van der Waals surface area (Å²) < 4.78 is 23.5. The molecule has 126 valence electrons. The van der Waals surface area contributed by atoms with Gasteiger partial charge in [-0.25, -0.2) is 9.38 Å². The molecule has 0 aromatic heterocycles. The Kier molecular flexibility index (Phi) is 3.93. The van der Waals surface area contributed by atoms with Gasteiger partial charge in [-0.1, -0.05) is 18.2 Å². The maximum absolute atomic E-state index is 12.9. The van der Waals surface area contributed by atoms with Crippen LogP contribution in [0.1, 0.15) is 17.5 Å². The van der Waals surface area contributed by atoms with Crippen molar-refractivity contribution in [2.45, 2.75) is 12.8 Å². The number of fused-ring (bicyclic) bond motifs is 1. The summed E-state index contributed by atoms with van der Waals surface area (Å²) in [5.74, 6) is 1.48. The van der Waals surface area contributed by atoms with Crippen molar-refractivity contribution in [3.05, 3.63) is 65.1 Å². The predicted molar refractivity (Wildman–Crippen MR) is 90.8 cm³/mol. The molecule has 0 saturated carbocycles. The highest BCUT2D eigenvalue weighted by Gasteiger charge is 2.20. The van der Waals surface area contributed by atoms with Gasteiger partial charge in [0, 0.05) is 6.42 Å². The molecule has 4 rings (SSSR count). The van der Waals surface area contributed by atoms with Crippen LogP contribution in [0.15, 0.2) is 53.2 Å². The van der Waals surface area contributed by atoms with Gasteiger partial charge in [0.25, 0.3) is 5.91 Å². The van der Waals surface area contributed by atoms with Crippen molar-refractivity contribution >= 4 is 17.8 Å². The highest BCUT2D eigenvalue weighted by atomic mass is 19.1. The molecule has 1 amide bonds. The third-order valence-electron chi connectivity index (χ3n) is 4.01. The van der Waals surface area contributed by atoms with Crippen LogP contribution >= 0.6 is 0 Å². The molecular weight excluding hydrogens is 323 g/mol. The molecule has 2 aliphatic heterocycles. The van der Waals surface area contributed by atoms with E-state index in [1.165, 1.54) is 12.1 Å². The zero-order valence-corrected chi connectivity index (χ0v) is 13.3. The predicted octanol–water partition coefficient (Wildman–Crippen LogP) is 3.06. The summed E-state index contributed by atoms with van der Waals surface area (Å²) in [4.78, 5) is 16.4. The molecule has 0 atom stereocenters. The summed E-state index contributed by atoms with van der Waals surface area (Å²) in [5.41, 5.74) is 2.16. The Morgan fingerprint density at radius 2 is 1.88 bits per heavy atom. The summed E-state index contributed by atoms with van der Waals surface area (Å²) in [6, 6.07) is 11.8. The van der Waals surface area contributed by atoms with E-state index in [1.54, 1.807) is 24.3 Å². The van der Waals surface area contributed by atoms with Crippen LogP contribution in [0.5, 0.6) is 11.5 Å².